The van der Waals surface area contributed by atoms with Crippen LogP contribution in [0.2, 0.25) is 5.02 Å². The largest absolute Gasteiger partial charge is 0.488 e. The molecule has 6 rings (SSSR count). The number of nitriles is 2. The van der Waals surface area contributed by atoms with Crippen LogP contribution in [-0.2, 0) is 26.3 Å². The van der Waals surface area contributed by atoms with Gasteiger partial charge in [0.25, 0.3) is 0 Å². The zero-order chi connectivity index (χ0) is 38.5. The Kier molecular flexibility index (Phi) is 13.7. The van der Waals surface area contributed by atoms with E-state index in [0.29, 0.717) is 58.2 Å². The number of carbonyl (C=O) groups is 1. The number of nitrogens with one attached hydrogen (secondary N) is 1. The van der Waals surface area contributed by atoms with Crippen molar-refractivity contribution in [3.63, 3.8) is 0 Å². The second kappa shape index (κ2) is 19.0. The predicted molar refractivity (Wildman–Crippen MR) is 212 cm³/mol. The van der Waals surface area contributed by atoms with Crippen molar-refractivity contribution in [1.29, 1.82) is 10.5 Å². The molecule has 8 nitrogen and oxygen atoms in total. The molecule has 1 N–H and O–H groups in total. The fourth-order valence-corrected chi connectivity index (χ4v) is 6.22. The highest BCUT2D eigenvalue weighted by atomic mass is 35.5. The van der Waals surface area contributed by atoms with Gasteiger partial charge in [0.1, 0.15) is 36.9 Å². The number of ether oxygens (including phenoxy) is 2. The van der Waals surface area contributed by atoms with E-state index in [9.17, 15) is 10.1 Å². The van der Waals surface area contributed by atoms with Crippen molar-refractivity contribution in [2.75, 3.05) is 0 Å². The molecular formula is C45H40ClN5O3. The highest BCUT2D eigenvalue weighted by Gasteiger charge is 2.15. The van der Waals surface area contributed by atoms with Gasteiger partial charge < -0.3 is 14.8 Å². The van der Waals surface area contributed by atoms with Crippen LogP contribution in [0.15, 0.2) is 110 Å². The van der Waals surface area contributed by atoms with Gasteiger partial charge in [-0.05, 0) is 82.1 Å². The van der Waals surface area contributed by atoms with Gasteiger partial charge in [-0.2, -0.15) is 10.5 Å². The molecule has 0 bridgehead atoms. The molecular weight excluding hydrogens is 694 g/mol. The molecule has 270 valence electrons. The van der Waals surface area contributed by atoms with Crippen molar-refractivity contribution in [2.45, 2.75) is 54.0 Å². The van der Waals surface area contributed by atoms with Crippen LogP contribution in [0.4, 0.5) is 0 Å². The van der Waals surface area contributed by atoms with Gasteiger partial charge in [-0.15, -0.1) is 0 Å². The molecule has 6 aromatic rings. The van der Waals surface area contributed by atoms with Crippen LogP contribution in [0, 0.1) is 36.5 Å². The molecule has 9 heteroatoms. The molecule has 0 saturated carbocycles. The van der Waals surface area contributed by atoms with E-state index in [4.69, 9.17) is 26.3 Å². The van der Waals surface area contributed by atoms with E-state index >= 15 is 0 Å². The van der Waals surface area contributed by atoms with Gasteiger partial charge in [0.2, 0.25) is 0 Å². The van der Waals surface area contributed by atoms with Crippen molar-refractivity contribution >= 4 is 17.9 Å². The molecule has 0 aliphatic heterocycles. The number of hydrogen-bond acceptors (Lipinski definition) is 8. The van der Waals surface area contributed by atoms with Gasteiger partial charge in [0.15, 0.2) is 6.29 Å². The maximum Gasteiger partial charge on any atom is 0.153 e. The minimum atomic E-state index is 0.115. The average molecular weight is 734 g/mol. The van der Waals surface area contributed by atoms with Gasteiger partial charge in [-0.25, -0.2) is 0 Å². The number of carbonyl (C=O) groups excluding carboxylic acids is 1. The smallest absolute Gasteiger partial charge is 0.153 e. The number of nitrogens with zero attached hydrogens (tertiary/aromatic N) is 4. The highest BCUT2D eigenvalue weighted by Crippen LogP contribution is 2.36. The third-order valence-corrected chi connectivity index (χ3v) is 9.11. The molecule has 0 aliphatic rings. The topological polar surface area (TPSA) is 121 Å². The molecule has 0 atom stereocenters. The summed E-state index contributed by atoms with van der Waals surface area (Å²) in [6.45, 7) is 9.92. The number of hydrogen-bond donors (Lipinski definition) is 1. The lowest BCUT2D eigenvalue weighted by Gasteiger charge is -2.17. The summed E-state index contributed by atoms with van der Waals surface area (Å²) in [5.41, 5.74) is 11.9. The Labute approximate surface area is 321 Å². The summed E-state index contributed by atoms with van der Waals surface area (Å²) in [7, 11) is 0. The molecule has 0 amide bonds. The normalized spacial score (nSPS) is 10.4. The Bertz CT molecular complexity index is 2330. The van der Waals surface area contributed by atoms with E-state index in [2.05, 4.69) is 89.8 Å². The average Bonchev–Trinajstić information content (AvgIpc) is 3.21. The van der Waals surface area contributed by atoms with Crippen LogP contribution in [0.5, 0.6) is 11.5 Å². The standard InChI is InChI=1S/C43H34ClN5O3.C2H6/c1-28-36(27-52-43-16-42(37(25-50)15-41(43)44)51-26-34-14-32(18-46)21-49-24-34)5-3-7-39(28)40-8-4-6-38(29(40)2)35-11-9-30(10-12-35)19-47-22-33-13-31(17-45)20-48-23-33;1-2/h3-16,20-21,23-25,47H,19,22,26-27H2,1-2H3;1-2H3. The van der Waals surface area contributed by atoms with Gasteiger partial charge in [0, 0.05) is 49.5 Å². The summed E-state index contributed by atoms with van der Waals surface area (Å²) in [4.78, 5) is 20.0. The third-order valence-electron chi connectivity index (χ3n) is 8.81. The first kappa shape index (κ1) is 38.9. The highest BCUT2D eigenvalue weighted by molar-refractivity contribution is 6.32. The lowest BCUT2D eigenvalue weighted by molar-refractivity contribution is 0.111. The summed E-state index contributed by atoms with van der Waals surface area (Å²) in [5, 5.41) is 22.0. The molecule has 0 aliphatic carbocycles. The fraction of sp³-hybridized carbons (Fsp3) is 0.178. The molecule has 4 aromatic carbocycles. The maximum atomic E-state index is 11.8. The van der Waals surface area contributed by atoms with Crippen LogP contribution < -0.4 is 14.8 Å². The second-order valence-corrected chi connectivity index (χ2v) is 12.7. The lowest BCUT2D eigenvalue weighted by atomic mass is 9.89. The SMILES string of the molecule is CC.Cc1c(COc2cc(OCc3cncc(C#N)c3)c(C=O)cc2Cl)cccc1-c1cccc(-c2ccc(CNCc3cncc(C#N)c3)cc2)c1C. The van der Waals surface area contributed by atoms with Crippen molar-refractivity contribution in [3.05, 3.63) is 165 Å². The third kappa shape index (κ3) is 9.56. The summed E-state index contributed by atoms with van der Waals surface area (Å²) in [5.74, 6) is 0.705. The van der Waals surface area contributed by atoms with E-state index in [0.717, 1.165) is 44.5 Å². The Morgan fingerprint density at radius 1 is 0.685 bits per heavy atom. The van der Waals surface area contributed by atoms with Crippen LogP contribution in [0.1, 0.15) is 68.7 Å². The van der Waals surface area contributed by atoms with Crippen molar-refractivity contribution in [1.82, 2.24) is 15.3 Å². The van der Waals surface area contributed by atoms with Gasteiger partial charge in [-0.3, -0.25) is 14.8 Å². The molecule has 0 spiro atoms. The number of pyridine rings is 2. The van der Waals surface area contributed by atoms with E-state index in [1.54, 1.807) is 30.7 Å². The van der Waals surface area contributed by atoms with E-state index in [-0.39, 0.29) is 13.2 Å². The maximum absolute atomic E-state index is 11.8. The first-order valence-electron chi connectivity index (χ1n) is 17.6. The number of benzene rings is 4. The quantitative estimate of drug-likeness (QED) is 0.116. The second-order valence-electron chi connectivity index (χ2n) is 12.3. The Morgan fingerprint density at radius 2 is 1.28 bits per heavy atom. The number of rotatable bonds is 13. The van der Waals surface area contributed by atoms with Gasteiger partial charge in [-0.1, -0.05) is 86.1 Å². The van der Waals surface area contributed by atoms with Crippen LogP contribution >= 0.6 is 11.6 Å². The summed E-state index contributed by atoms with van der Waals surface area (Å²) in [6.07, 6.45) is 7.10. The lowest BCUT2D eigenvalue weighted by Crippen LogP contribution is -2.12. The zero-order valence-electron chi connectivity index (χ0n) is 30.7. The predicted octanol–water partition coefficient (Wildman–Crippen LogP) is 10.1. The summed E-state index contributed by atoms with van der Waals surface area (Å²) in [6, 6.07) is 32.0. The molecule has 0 unspecified atom stereocenters. The number of halogens is 1. The molecule has 2 aromatic heterocycles. The monoisotopic (exact) mass is 733 g/mol. The number of aromatic nitrogens is 2. The zero-order valence-corrected chi connectivity index (χ0v) is 31.4. The number of aldehydes is 1. The Morgan fingerprint density at radius 3 is 1.96 bits per heavy atom. The van der Waals surface area contributed by atoms with Crippen molar-refractivity contribution in [3.8, 4) is 45.9 Å². The van der Waals surface area contributed by atoms with Gasteiger partial charge in [0.05, 0.1) is 21.7 Å². The van der Waals surface area contributed by atoms with Crippen LogP contribution in [0.3, 0.4) is 0 Å². The van der Waals surface area contributed by atoms with Crippen LogP contribution in [-0.4, -0.2) is 16.3 Å². The Hall–Kier alpha value is -6.32. The summed E-state index contributed by atoms with van der Waals surface area (Å²) >= 11 is 6.54. The molecule has 0 fully saturated rings. The van der Waals surface area contributed by atoms with Crippen molar-refractivity contribution in [2.24, 2.45) is 0 Å². The summed E-state index contributed by atoms with van der Waals surface area (Å²) < 4.78 is 12.2. The minimum Gasteiger partial charge on any atom is -0.488 e. The molecule has 54 heavy (non-hydrogen) atoms. The fourth-order valence-electron chi connectivity index (χ4n) is 5.99. The minimum absolute atomic E-state index is 0.115. The molecule has 2 heterocycles. The van der Waals surface area contributed by atoms with Crippen molar-refractivity contribution < 1.29 is 14.3 Å². The van der Waals surface area contributed by atoms with E-state index < -0.39 is 0 Å². The first-order valence-corrected chi connectivity index (χ1v) is 18.0. The van der Waals surface area contributed by atoms with Crippen LogP contribution in [0.25, 0.3) is 22.3 Å². The molecule has 0 saturated heterocycles. The Balaban J connectivity index is 0.00000276. The first-order chi connectivity index (χ1) is 26.4. The molecule has 0 radical (unpaired) electrons. The van der Waals surface area contributed by atoms with Gasteiger partial charge >= 0.3 is 0 Å². The van der Waals surface area contributed by atoms with E-state index in [1.807, 2.05) is 32.0 Å². The van der Waals surface area contributed by atoms with E-state index in [1.165, 1.54) is 17.8 Å².